The van der Waals surface area contributed by atoms with Gasteiger partial charge in [-0.05, 0) is 31.7 Å². The number of hydrogen-bond donors (Lipinski definition) is 2. The largest absolute Gasteiger partial charge is 0.507 e. The van der Waals surface area contributed by atoms with E-state index in [-0.39, 0.29) is 12.5 Å². The molecule has 0 spiro atoms. The summed E-state index contributed by atoms with van der Waals surface area (Å²) < 4.78 is 10.6. The molecule has 20 heavy (non-hydrogen) atoms. The van der Waals surface area contributed by atoms with Crippen molar-refractivity contribution in [2.75, 3.05) is 6.79 Å². The molecule has 1 aromatic rings. The zero-order chi connectivity index (χ0) is 13.9. The Balaban J connectivity index is 1.60. The van der Waals surface area contributed by atoms with Gasteiger partial charge in [-0.15, -0.1) is 0 Å². The lowest BCUT2D eigenvalue weighted by Crippen LogP contribution is -2.34. The van der Waals surface area contributed by atoms with Crippen LogP contribution in [0.2, 0.25) is 0 Å². The van der Waals surface area contributed by atoms with Gasteiger partial charge in [0.25, 0.3) is 0 Å². The molecule has 0 radical (unpaired) electrons. The van der Waals surface area contributed by atoms with Gasteiger partial charge in [-0.1, -0.05) is 19.3 Å². The van der Waals surface area contributed by atoms with Gasteiger partial charge in [0.15, 0.2) is 11.5 Å². The van der Waals surface area contributed by atoms with Crippen LogP contribution in [-0.4, -0.2) is 17.9 Å². The highest BCUT2D eigenvalue weighted by Crippen LogP contribution is 2.37. The lowest BCUT2D eigenvalue weighted by atomic mass is 9.84. The van der Waals surface area contributed by atoms with E-state index in [2.05, 4.69) is 12.2 Å². The molecule has 1 saturated carbocycles. The van der Waals surface area contributed by atoms with Crippen LogP contribution in [0.5, 0.6) is 17.2 Å². The molecule has 0 saturated heterocycles. The summed E-state index contributed by atoms with van der Waals surface area (Å²) in [6, 6.07) is 4.00. The fourth-order valence-electron chi connectivity index (χ4n) is 3.19. The van der Waals surface area contributed by atoms with Crippen LogP contribution in [0.3, 0.4) is 0 Å². The standard InChI is InChI=1S/C16H23NO3/c1-11(12-5-3-2-4-6-12)17-9-13-7-15-16(8-14(13)18)20-10-19-15/h7-8,11-12,17-18H,2-6,9-10H2,1H3/t11-/m1/s1. The number of benzene rings is 1. The van der Waals surface area contributed by atoms with E-state index in [4.69, 9.17) is 9.47 Å². The van der Waals surface area contributed by atoms with Gasteiger partial charge in [0.2, 0.25) is 6.79 Å². The fourth-order valence-corrected chi connectivity index (χ4v) is 3.19. The van der Waals surface area contributed by atoms with Crippen molar-refractivity contribution in [2.24, 2.45) is 5.92 Å². The van der Waals surface area contributed by atoms with Crippen molar-refractivity contribution in [3.05, 3.63) is 17.7 Å². The van der Waals surface area contributed by atoms with Crippen molar-refractivity contribution in [1.29, 1.82) is 0 Å². The van der Waals surface area contributed by atoms with E-state index >= 15 is 0 Å². The topological polar surface area (TPSA) is 50.7 Å². The molecular weight excluding hydrogens is 254 g/mol. The minimum absolute atomic E-state index is 0.240. The van der Waals surface area contributed by atoms with Crippen molar-refractivity contribution >= 4 is 0 Å². The van der Waals surface area contributed by atoms with Gasteiger partial charge in [-0.25, -0.2) is 0 Å². The van der Waals surface area contributed by atoms with Crippen LogP contribution in [0.1, 0.15) is 44.6 Å². The van der Waals surface area contributed by atoms with Gasteiger partial charge < -0.3 is 19.9 Å². The smallest absolute Gasteiger partial charge is 0.231 e. The molecule has 1 atom stereocenters. The van der Waals surface area contributed by atoms with Crippen LogP contribution < -0.4 is 14.8 Å². The van der Waals surface area contributed by atoms with Crippen molar-refractivity contribution in [3.8, 4) is 17.2 Å². The van der Waals surface area contributed by atoms with E-state index in [1.165, 1.54) is 32.1 Å². The Bertz CT molecular complexity index is 469. The summed E-state index contributed by atoms with van der Waals surface area (Å²) in [5, 5.41) is 13.6. The van der Waals surface area contributed by atoms with Gasteiger partial charge in [-0.3, -0.25) is 0 Å². The Labute approximate surface area is 120 Å². The number of hydrogen-bond acceptors (Lipinski definition) is 4. The Morgan fingerprint density at radius 2 is 1.90 bits per heavy atom. The van der Waals surface area contributed by atoms with Gasteiger partial charge in [0.05, 0.1) is 0 Å². The van der Waals surface area contributed by atoms with Crippen molar-refractivity contribution in [2.45, 2.75) is 51.6 Å². The van der Waals surface area contributed by atoms with Crippen molar-refractivity contribution in [1.82, 2.24) is 5.32 Å². The van der Waals surface area contributed by atoms with Gasteiger partial charge in [0, 0.05) is 24.2 Å². The zero-order valence-electron chi connectivity index (χ0n) is 12.0. The maximum Gasteiger partial charge on any atom is 0.231 e. The monoisotopic (exact) mass is 277 g/mol. The fraction of sp³-hybridized carbons (Fsp3) is 0.625. The van der Waals surface area contributed by atoms with Crippen LogP contribution >= 0.6 is 0 Å². The molecule has 4 heteroatoms. The highest BCUT2D eigenvalue weighted by atomic mass is 16.7. The molecule has 0 amide bonds. The number of fused-ring (bicyclic) bond motifs is 1. The van der Waals surface area contributed by atoms with Crippen LogP contribution in [0.25, 0.3) is 0 Å². The normalized spacial score (nSPS) is 20.1. The molecule has 2 aliphatic rings. The molecule has 0 bridgehead atoms. The summed E-state index contributed by atoms with van der Waals surface area (Å²) >= 11 is 0. The Kier molecular flexibility index (Phi) is 4.01. The molecule has 1 fully saturated rings. The summed E-state index contributed by atoms with van der Waals surface area (Å²) in [7, 11) is 0. The third-order valence-electron chi connectivity index (χ3n) is 4.55. The average Bonchev–Trinajstić information content (AvgIpc) is 2.92. The van der Waals surface area contributed by atoms with Gasteiger partial charge in [-0.2, -0.15) is 0 Å². The molecule has 3 rings (SSSR count). The molecule has 1 aliphatic heterocycles. The van der Waals surface area contributed by atoms with E-state index in [9.17, 15) is 5.11 Å². The Morgan fingerprint density at radius 1 is 1.20 bits per heavy atom. The summed E-state index contributed by atoms with van der Waals surface area (Å²) in [5.74, 6) is 2.40. The molecule has 0 aromatic heterocycles. The first-order chi connectivity index (χ1) is 9.74. The van der Waals surface area contributed by atoms with Crippen LogP contribution in [0, 0.1) is 5.92 Å². The first-order valence-electron chi connectivity index (χ1n) is 7.59. The molecule has 1 aromatic carbocycles. The van der Waals surface area contributed by atoms with E-state index in [1.54, 1.807) is 6.07 Å². The van der Waals surface area contributed by atoms with E-state index in [1.807, 2.05) is 6.07 Å². The second kappa shape index (κ2) is 5.92. The first kappa shape index (κ1) is 13.6. The number of ether oxygens (including phenoxy) is 2. The summed E-state index contributed by atoms with van der Waals surface area (Å²) in [4.78, 5) is 0. The lowest BCUT2D eigenvalue weighted by molar-refractivity contribution is 0.174. The third-order valence-corrected chi connectivity index (χ3v) is 4.55. The molecule has 110 valence electrons. The number of aromatic hydroxyl groups is 1. The highest BCUT2D eigenvalue weighted by molar-refractivity contribution is 5.51. The van der Waals surface area contributed by atoms with E-state index in [0.29, 0.717) is 18.3 Å². The third kappa shape index (κ3) is 2.85. The van der Waals surface area contributed by atoms with Crippen molar-refractivity contribution in [3.63, 3.8) is 0 Å². The number of nitrogens with one attached hydrogen (secondary N) is 1. The van der Waals surface area contributed by atoms with Crippen LogP contribution in [0.15, 0.2) is 12.1 Å². The lowest BCUT2D eigenvalue weighted by Gasteiger charge is -2.28. The second-order valence-electron chi connectivity index (χ2n) is 5.90. The quantitative estimate of drug-likeness (QED) is 0.887. The molecule has 0 unspecified atom stereocenters. The molecular formula is C16H23NO3. The maximum atomic E-state index is 10.0. The van der Waals surface area contributed by atoms with E-state index in [0.717, 1.165) is 17.2 Å². The number of phenolic OH excluding ortho intramolecular Hbond substituents is 1. The Hall–Kier alpha value is -1.42. The van der Waals surface area contributed by atoms with Crippen LogP contribution in [0.4, 0.5) is 0 Å². The molecule has 1 heterocycles. The number of rotatable bonds is 4. The van der Waals surface area contributed by atoms with Gasteiger partial charge >= 0.3 is 0 Å². The molecule has 2 N–H and O–H groups in total. The summed E-state index contributed by atoms with van der Waals surface area (Å²) in [6.45, 7) is 3.16. The molecule has 1 aliphatic carbocycles. The predicted molar refractivity (Wildman–Crippen MR) is 77.1 cm³/mol. The SMILES string of the molecule is C[C@@H](NCc1cc2c(cc1O)OCO2)C1CCCCC1. The highest BCUT2D eigenvalue weighted by Gasteiger charge is 2.21. The van der Waals surface area contributed by atoms with E-state index < -0.39 is 0 Å². The number of phenols is 1. The van der Waals surface area contributed by atoms with Crippen molar-refractivity contribution < 1.29 is 14.6 Å². The predicted octanol–water partition coefficient (Wildman–Crippen LogP) is 3.18. The first-order valence-corrected chi connectivity index (χ1v) is 7.59. The Morgan fingerprint density at radius 3 is 2.65 bits per heavy atom. The minimum atomic E-state index is 0.240. The minimum Gasteiger partial charge on any atom is -0.507 e. The second-order valence-corrected chi connectivity index (χ2v) is 5.90. The average molecular weight is 277 g/mol. The summed E-state index contributed by atoms with van der Waals surface area (Å²) in [5.41, 5.74) is 0.872. The zero-order valence-corrected chi connectivity index (χ0v) is 12.0. The molecule has 4 nitrogen and oxygen atoms in total. The maximum absolute atomic E-state index is 10.0. The van der Waals surface area contributed by atoms with Gasteiger partial charge in [0.1, 0.15) is 5.75 Å². The summed E-state index contributed by atoms with van der Waals surface area (Å²) in [6.07, 6.45) is 6.73. The van der Waals surface area contributed by atoms with Crippen LogP contribution in [-0.2, 0) is 6.54 Å².